The van der Waals surface area contributed by atoms with Crippen molar-refractivity contribution >= 4 is 56.4 Å². The molecule has 2 aromatic heterocycles. The van der Waals surface area contributed by atoms with Crippen LogP contribution < -0.4 is 10.1 Å². The standard InChI is InChI=1S/C23H18ClN3O3/c1-26-10-16(14-6-4-12(24)8-18(14)26)20-21(23(29)25-22(20)28)17-11-27(2)19-9-13(30-3)5-7-15(17)19/h4-11H,1-3H3,(H,25,28,29). The topological polar surface area (TPSA) is 65.3 Å². The zero-order chi connectivity index (χ0) is 21.2. The Bertz CT molecular complexity index is 1420. The number of carbonyl (C=O) groups is 2. The fourth-order valence-electron chi connectivity index (χ4n) is 4.22. The van der Waals surface area contributed by atoms with Crippen LogP contribution in [0.2, 0.25) is 5.02 Å². The van der Waals surface area contributed by atoms with E-state index in [1.807, 2.05) is 66.0 Å². The number of benzene rings is 2. The van der Waals surface area contributed by atoms with Crippen LogP contribution in [-0.2, 0) is 23.7 Å². The molecule has 0 atom stereocenters. The Morgan fingerprint density at radius 2 is 1.37 bits per heavy atom. The zero-order valence-electron chi connectivity index (χ0n) is 16.6. The molecule has 0 bridgehead atoms. The number of hydrogen-bond acceptors (Lipinski definition) is 3. The van der Waals surface area contributed by atoms with Crippen molar-refractivity contribution < 1.29 is 14.3 Å². The summed E-state index contributed by atoms with van der Waals surface area (Å²) in [6, 6.07) is 11.2. The molecule has 0 unspecified atom stereocenters. The van der Waals surface area contributed by atoms with E-state index in [1.54, 1.807) is 13.2 Å². The third-order valence-electron chi connectivity index (χ3n) is 5.62. The fraction of sp³-hybridized carbons (Fsp3) is 0.130. The second-order valence-corrected chi connectivity index (χ2v) is 7.82. The highest BCUT2D eigenvalue weighted by molar-refractivity contribution is 6.50. The van der Waals surface area contributed by atoms with Crippen molar-refractivity contribution in [2.24, 2.45) is 14.1 Å². The predicted molar refractivity (Wildman–Crippen MR) is 117 cm³/mol. The summed E-state index contributed by atoms with van der Waals surface area (Å²) in [6.07, 6.45) is 3.74. The number of ether oxygens (including phenoxy) is 1. The summed E-state index contributed by atoms with van der Waals surface area (Å²) < 4.78 is 9.16. The Balaban J connectivity index is 1.83. The molecule has 0 aliphatic carbocycles. The first-order valence-electron chi connectivity index (χ1n) is 9.37. The molecule has 7 heteroatoms. The van der Waals surface area contributed by atoms with Crippen LogP contribution in [0, 0.1) is 0 Å². The van der Waals surface area contributed by atoms with Crippen molar-refractivity contribution in [3.63, 3.8) is 0 Å². The van der Waals surface area contributed by atoms with E-state index in [0.717, 1.165) is 27.6 Å². The number of nitrogens with one attached hydrogen (secondary N) is 1. The van der Waals surface area contributed by atoms with Crippen LogP contribution >= 0.6 is 11.6 Å². The predicted octanol–water partition coefficient (Wildman–Crippen LogP) is 3.90. The molecular weight excluding hydrogens is 402 g/mol. The van der Waals surface area contributed by atoms with Gasteiger partial charge in [-0.05, 0) is 24.3 Å². The molecule has 0 saturated heterocycles. The Morgan fingerprint density at radius 3 is 1.93 bits per heavy atom. The lowest BCUT2D eigenvalue weighted by atomic mass is 9.95. The minimum absolute atomic E-state index is 0.372. The summed E-state index contributed by atoms with van der Waals surface area (Å²) in [4.78, 5) is 25.8. The normalized spacial score (nSPS) is 14.3. The number of hydrogen-bond donors (Lipinski definition) is 1. The number of aryl methyl sites for hydroxylation is 2. The molecule has 5 rings (SSSR count). The van der Waals surface area contributed by atoms with Gasteiger partial charge in [-0.1, -0.05) is 17.7 Å². The van der Waals surface area contributed by atoms with Crippen LogP contribution in [0.1, 0.15) is 11.1 Å². The number of amides is 2. The second kappa shape index (κ2) is 6.50. The molecule has 3 heterocycles. The number of aromatic nitrogens is 2. The number of nitrogens with zero attached hydrogens (tertiary/aromatic N) is 2. The van der Waals surface area contributed by atoms with E-state index in [4.69, 9.17) is 16.3 Å². The maximum Gasteiger partial charge on any atom is 0.259 e. The quantitative estimate of drug-likeness (QED) is 0.512. The van der Waals surface area contributed by atoms with E-state index >= 15 is 0 Å². The van der Waals surface area contributed by atoms with E-state index < -0.39 is 11.8 Å². The maximum absolute atomic E-state index is 12.9. The Kier molecular flexibility index (Phi) is 4.01. The molecule has 1 N–H and O–H groups in total. The minimum Gasteiger partial charge on any atom is -0.497 e. The van der Waals surface area contributed by atoms with Crippen molar-refractivity contribution in [1.29, 1.82) is 0 Å². The molecule has 2 aromatic carbocycles. The number of fused-ring (bicyclic) bond motifs is 2. The van der Waals surface area contributed by atoms with E-state index in [9.17, 15) is 9.59 Å². The largest absolute Gasteiger partial charge is 0.497 e. The molecular formula is C23H18ClN3O3. The van der Waals surface area contributed by atoms with Crippen LogP contribution in [0.5, 0.6) is 5.75 Å². The summed E-state index contributed by atoms with van der Waals surface area (Å²) in [5, 5.41) is 4.82. The molecule has 0 radical (unpaired) electrons. The highest BCUT2D eigenvalue weighted by atomic mass is 35.5. The highest BCUT2D eigenvalue weighted by Crippen LogP contribution is 2.39. The zero-order valence-corrected chi connectivity index (χ0v) is 17.4. The van der Waals surface area contributed by atoms with Gasteiger partial charge < -0.3 is 13.9 Å². The molecule has 30 heavy (non-hydrogen) atoms. The van der Waals surface area contributed by atoms with Gasteiger partial charge in [0.2, 0.25) is 0 Å². The van der Waals surface area contributed by atoms with Crippen LogP contribution in [-0.4, -0.2) is 28.1 Å². The first-order chi connectivity index (χ1) is 14.4. The first-order valence-corrected chi connectivity index (χ1v) is 9.75. The van der Waals surface area contributed by atoms with Crippen LogP contribution in [0.4, 0.5) is 0 Å². The Hall–Kier alpha value is -3.51. The minimum atomic E-state index is -0.400. The summed E-state index contributed by atoms with van der Waals surface area (Å²) in [7, 11) is 5.41. The van der Waals surface area contributed by atoms with Crippen molar-refractivity contribution in [3.8, 4) is 5.75 Å². The molecule has 1 aliphatic rings. The molecule has 0 spiro atoms. The van der Waals surface area contributed by atoms with Gasteiger partial charge >= 0.3 is 0 Å². The third-order valence-corrected chi connectivity index (χ3v) is 5.86. The van der Waals surface area contributed by atoms with Gasteiger partial charge in [0, 0.05) is 65.0 Å². The lowest BCUT2D eigenvalue weighted by molar-refractivity contribution is -0.122. The Labute approximate surface area is 177 Å². The molecule has 6 nitrogen and oxygen atoms in total. The third kappa shape index (κ3) is 2.57. The summed E-state index contributed by atoms with van der Waals surface area (Å²) in [5.41, 5.74) is 3.95. The van der Waals surface area contributed by atoms with Crippen molar-refractivity contribution in [1.82, 2.24) is 14.5 Å². The smallest absolute Gasteiger partial charge is 0.259 e. The molecule has 4 aromatic rings. The molecule has 0 fully saturated rings. The average molecular weight is 420 g/mol. The van der Waals surface area contributed by atoms with Gasteiger partial charge in [0.15, 0.2) is 0 Å². The van der Waals surface area contributed by atoms with Gasteiger partial charge in [-0.25, -0.2) is 0 Å². The van der Waals surface area contributed by atoms with Crippen LogP contribution in [0.25, 0.3) is 33.0 Å². The average Bonchev–Trinajstić information content (AvgIpc) is 3.32. The van der Waals surface area contributed by atoms with E-state index in [2.05, 4.69) is 5.32 Å². The van der Waals surface area contributed by atoms with Gasteiger partial charge in [0.05, 0.1) is 23.8 Å². The second-order valence-electron chi connectivity index (χ2n) is 7.39. The maximum atomic E-state index is 12.9. The van der Waals surface area contributed by atoms with Crippen molar-refractivity contribution in [2.75, 3.05) is 7.11 Å². The Morgan fingerprint density at radius 1 is 0.833 bits per heavy atom. The number of rotatable bonds is 3. The number of methoxy groups -OCH3 is 1. The van der Waals surface area contributed by atoms with Gasteiger partial charge in [-0.15, -0.1) is 0 Å². The summed E-state index contributed by atoms with van der Waals surface area (Å²) in [6.45, 7) is 0. The van der Waals surface area contributed by atoms with Crippen LogP contribution in [0.3, 0.4) is 0 Å². The molecule has 150 valence electrons. The van der Waals surface area contributed by atoms with Gasteiger partial charge in [0.25, 0.3) is 11.8 Å². The number of halogens is 1. The number of imide groups is 1. The molecule has 0 saturated carbocycles. The molecule has 1 aliphatic heterocycles. The van der Waals surface area contributed by atoms with E-state index in [0.29, 0.717) is 27.3 Å². The number of carbonyl (C=O) groups excluding carboxylic acids is 2. The first kappa shape index (κ1) is 18.5. The SMILES string of the molecule is COc1ccc2c(C3=C(c4cn(C)c5cc(Cl)ccc45)C(=O)NC3=O)cn(C)c2c1. The van der Waals surface area contributed by atoms with Gasteiger partial charge in [-0.3, -0.25) is 14.9 Å². The van der Waals surface area contributed by atoms with Gasteiger partial charge in [-0.2, -0.15) is 0 Å². The summed E-state index contributed by atoms with van der Waals surface area (Å²) in [5.74, 6) is -0.0745. The highest BCUT2D eigenvalue weighted by Gasteiger charge is 2.35. The van der Waals surface area contributed by atoms with E-state index in [1.165, 1.54) is 0 Å². The van der Waals surface area contributed by atoms with Crippen LogP contribution in [0.15, 0.2) is 48.8 Å². The monoisotopic (exact) mass is 419 g/mol. The lowest BCUT2D eigenvalue weighted by Gasteiger charge is -2.04. The summed E-state index contributed by atoms with van der Waals surface area (Å²) >= 11 is 6.16. The van der Waals surface area contributed by atoms with E-state index in [-0.39, 0.29) is 0 Å². The lowest BCUT2D eigenvalue weighted by Crippen LogP contribution is -2.22. The van der Waals surface area contributed by atoms with Gasteiger partial charge in [0.1, 0.15) is 5.75 Å². The molecule has 2 amide bonds. The van der Waals surface area contributed by atoms with Crippen molar-refractivity contribution in [3.05, 3.63) is 64.9 Å². The fourth-order valence-corrected chi connectivity index (χ4v) is 4.38. The van der Waals surface area contributed by atoms with Crippen molar-refractivity contribution in [2.45, 2.75) is 0 Å².